The highest BCUT2D eigenvalue weighted by molar-refractivity contribution is 9.10. The lowest BCUT2D eigenvalue weighted by Crippen LogP contribution is -2.32. The van der Waals surface area contributed by atoms with Crippen molar-refractivity contribution in [2.45, 2.75) is 19.9 Å². The number of hydrogen-bond acceptors (Lipinski definition) is 2. The van der Waals surface area contributed by atoms with Gasteiger partial charge in [-0.15, -0.1) is 0 Å². The van der Waals surface area contributed by atoms with Gasteiger partial charge in [-0.25, -0.2) is 0 Å². The summed E-state index contributed by atoms with van der Waals surface area (Å²) in [4.78, 5) is 23.0. The summed E-state index contributed by atoms with van der Waals surface area (Å²) in [5.74, 6) is -0.158. The molecule has 4 nitrogen and oxygen atoms in total. The Morgan fingerprint density at radius 3 is 3.00 bits per heavy atom. The molecule has 0 unspecified atom stereocenters. The van der Waals surface area contributed by atoms with Gasteiger partial charge in [0.15, 0.2) is 0 Å². The van der Waals surface area contributed by atoms with Crippen molar-refractivity contribution >= 4 is 21.8 Å². The summed E-state index contributed by atoms with van der Waals surface area (Å²) in [5.41, 5.74) is -0.184. The number of allylic oxidation sites excluding steroid dienone is 1. The minimum atomic E-state index is -0.184. The lowest BCUT2D eigenvalue weighted by atomic mass is 10.4. The second-order valence-corrected chi connectivity index (χ2v) is 4.44. The third kappa shape index (κ3) is 4.99. The molecule has 5 heteroatoms. The van der Waals surface area contributed by atoms with Crippen LogP contribution in [0.5, 0.6) is 0 Å². The van der Waals surface area contributed by atoms with Crippen LogP contribution in [0.25, 0.3) is 0 Å². The third-order valence-electron chi connectivity index (χ3n) is 2.13. The first-order valence-corrected chi connectivity index (χ1v) is 6.16. The fourth-order valence-electron chi connectivity index (χ4n) is 1.30. The van der Waals surface area contributed by atoms with Gasteiger partial charge in [-0.05, 0) is 35.3 Å². The van der Waals surface area contributed by atoms with E-state index >= 15 is 0 Å². The van der Waals surface area contributed by atoms with Gasteiger partial charge in [-0.1, -0.05) is 12.2 Å². The molecule has 1 heterocycles. The minimum absolute atomic E-state index is 0.0497. The molecule has 0 saturated heterocycles. The monoisotopic (exact) mass is 298 g/mol. The van der Waals surface area contributed by atoms with Crippen LogP contribution in [0.4, 0.5) is 0 Å². The smallest absolute Gasteiger partial charge is 0.251 e. The van der Waals surface area contributed by atoms with Gasteiger partial charge in [-0.3, -0.25) is 9.59 Å². The van der Waals surface area contributed by atoms with E-state index in [0.717, 1.165) is 10.9 Å². The normalized spacial score (nSPS) is 10.7. The largest absolute Gasteiger partial charge is 0.354 e. The number of hydrogen-bond donors (Lipinski definition) is 1. The van der Waals surface area contributed by atoms with E-state index in [2.05, 4.69) is 21.2 Å². The highest BCUT2D eigenvalue weighted by Gasteiger charge is 2.03. The molecule has 0 aromatic carbocycles. The number of amides is 1. The predicted octanol–water partition coefficient (Wildman–Crippen LogP) is 1.69. The first-order chi connectivity index (χ1) is 8.13. The maximum atomic E-state index is 11.5. The van der Waals surface area contributed by atoms with E-state index in [4.69, 9.17) is 0 Å². The van der Waals surface area contributed by atoms with E-state index in [1.807, 2.05) is 19.1 Å². The molecule has 0 radical (unpaired) electrons. The van der Waals surface area contributed by atoms with Gasteiger partial charge >= 0.3 is 0 Å². The number of carbonyl (C=O) groups is 1. The van der Waals surface area contributed by atoms with Crippen LogP contribution in [0.2, 0.25) is 0 Å². The summed E-state index contributed by atoms with van der Waals surface area (Å²) in [7, 11) is 0. The number of pyridine rings is 1. The van der Waals surface area contributed by atoms with E-state index < -0.39 is 0 Å². The summed E-state index contributed by atoms with van der Waals surface area (Å²) < 4.78 is 2.15. The molecular weight excluding hydrogens is 284 g/mol. The second-order valence-electron chi connectivity index (χ2n) is 3.52. The highest BCUT2D eigenvalue weighted by atomic mass is 79.9. The molecule has 1 rings (SSSR count). The SMILES string of the molecule is C/C=C/CCNC(=O)Cn1cc(Br)ccc1=O. The zero-order valence-electron chi connectivity index (χ0n) is 9.65. The number of aromatic nitrogens is 1. The maximum Gasteiger partial charge on any atom is 0.251 e. The molecule has 0 fully saturated rings. The molecule has 0 aliphatic heterocycles. The lowest BCUT2D eigenvalue weighted by molar-refractivity contribution is -0.121. The van der Waals surface area contributed by atoms with Crippen LogP contribution in [0.3, 0.4) is 0 Å². The van der Waals surface area contributed by atoms with E-state index in [1.54, 1.807) is 12.3 Å². The number of rotatable bonds is 5. The van der Waals surface area contributed by atoms with Crippen molar-refractivity contribution in [2.24, 2.45) is 0 Å². The highest BCUT2D eigenvalue weighted by Crippen LogP contribution is 2.04. The van der Waals surface area contributed by atoms with E-state index in [-0.39, 0.29) is 18.0 Å². The molecule has 0 saturated carbocycles. The number of nitrogens with one attached hydrogen (secondary N) is 1. The van der Waals surface area contributed by atoms with Crippen molar-refractivity contribution < 1.29 is 4.79 Å². The van der Waals surface area contributed by atoms with Crippen LogP contribution in [0.1, 0.15) is 13.3 Å². The fourth-order valence-corrected chi connectivity index (χ4v) is 1.68. The molecule has 1 aromatic heterocycles. The molecule has 0 atom stereocenters. The predicted molar refractivity (Wildman–Crippen MR) is 70.8 cm³/mol. The van der Waals surface area contributed by atoms with Gasteiger partial charge in [0.1, 0.15) is 6.54 Å². The molecule has 1 N–H and O–H groups in total. The van der Waals surface area contributed by atoms with Crippen molar-refractivity contribution in [3.8, 4) is 0 Å². The molecule has 0 bridgehead atoms. The van der Waals surface area contributed by atoms with Crippen molar-refractivity contribution in [1.82, 2.24) is 9.88 Å². The van der Waals surface area contributed by atoms with Gasteiger partial charge in [-0.2, -0.15) is 0 Å². The zero-order valence-corrected chi connectivity index (χ0v) is 11.2. The Hall–Kier alpha value is -1.36. The maximum absolute atomic E-state index is 11.5. The third-order valence-corrected chi connectivity index (χ3v) is 2.60. The van der Waals surface area contributed by atoms with Crippen molar-refractivity contribution in [3.63, 3.8) is 0 Å². The van der Waals surface area contributed by atoms with Crippen LogP contribution < -0.4 is 10.9 Å². The summed E-state index contributed by atoms with van der Waals surface area (Å²) in [6.07, 6.45) is 6.32. The number of carbonyl (C=O) groups excluding carboxylic acids is 1. The molecule has 1 amide bonds. The van der Waals surface area contributed by atoms with E-state index in [1.165, 1.54) is 10.6 Å². The molecule has 92 valence electrons. The standard InChI is InChI=1S/C12H15BrN2O2/c1-2-3-4-7-14-11(16)9-15-8-10(13)5-6-12(15)17/h2-3,5-6,8H,4,7,9H2,1H3,(H,14,16)/b3-2+. The summed E-state index contributed by atoms with van der Waals surface area (Å²) in [6.45, 7) is 2.57. The van der Waals surface area contributed by atoms with Gasteiger partial charge in [0.2, 0.25) is 5.91 Å². The summed E-state index contributed by atoms with van der Waals surface area (Å²) >= 11 is 3.26. The lowest BCUT2D eigenvalue weighted by Gasteiger charge is -2.06. The Kier molecular flexibility index (Phi) is 5.69. The second kappa shape index (κ2) is 7.06. The first-order valence-electron chi connectivity index (χ1n) is 5.37. The van der Waals surface area contributed by atoms with Gasteiger partial charge in [0, 0.05) is 23.3 Å². The number of halogens is 1. The van der Waals surface area contributed by atoms with Crippen molar-refractivity contribution in [2.75, 3.05) is 6.54 Å². The average Bonchev–Trinajstić information content (AvgIpc) is 2.29. The molecular formula is C12H15BrN2O2. The van der Waals surface area contributed by atoms with Crippen LogP contribution in [0, 0.1) is 0 Å². The average molecular weight is 299 g/mol. The van der Waals surface area contributed by atoms with Crippen molar-refractivity contribution in [1.29, 1.82) is 0 Å². The molecule has 1 aromatic rings. The Labute approximate surface area is 108 Å². The van der Waals surface area contributed by atoms with Gasteiger partial charge in [0.25, 0.3) is 5.56 Å². The number of nitrogens with zero attached hydrogens (tertiary/aromatic N) is 1. The van der Waals surface area contributed by atoms with Crippen LogP contribution >= 0.6 is 15.9 Å². The van der Waals surface area contributed by atoms with Crippen LogP contribution in [-0.2, 0) is 11.3 Å². The minimum Gasteiger partial charge on any atom is -0.354 e. The van der Waals surface area contributed by atoms with Crippen LogP contribution in [0.15, 0.2) is 39.7 Å². The van der Waals surface area contributed by atoms with Crippen molar-refractivity contribution in [3.05, 3.63) is 45.3 Å². The Balaban J connectivity index is 2.50. The van der Waals surface area contributed by atoms with Gasteiger partial charge < -0.3 is 9.88 Å². The zero-order chi connectivity index (χ0) is 12.7. The Morgan fingerprint density at radius 2 is 2.29 bits per heavy atom. The fraction of sp³-hybridized carbons (Fsp3) is 0.333. The topological polar surface area (TPSA) is 51.1 Å². The van der Waals surface area contributed by atoms with E-state index in [9.17, 15) is 9.59 Å². The summed E-state index contributed by atoms with van der Waals surface area (Å²) in [5, 5.41) is 2.75. The quantitative estimate of drug-likeness (QED) is 0.664. The molecule has 0 aliphatic carbocycles. The summed E-state index contributed by atoms with van der Waals surface area (Å²) in [6, 6.07) is 3.08. The van der Waals surface area contributed by atoms with Gasteiger partial charge in [0.05, 0.1) is 0 Å². The molecule has 17 heavy (non-hydrogen) atoms. The first kappa shape index (κ1) is 13.7. The Morgan fingerprint density at radius 1 is 1.53 bits per heavy atom. The van der Waals surface area contributed by atoms with Crippen LogP contribution in [-0.4, -0.2) is 17.0 Å². The molecule has 0 aliphatic rings. The van der Waals surface area contributed by atoms with E-state index in [0.29, 0.717) is 6.54 Å². The Bertz CT molecular complexity index is 466. The molecule has 0 spiro atoms.